The van der Waals surface area contributed by atoms with Crippen LogP contribution in [0.4, 0.5) is 5.69 Å². The molecule has 0 radical (unpaired) electrons. The molecule has 10 nitrogen and oxygen atoms in total. The first-order chi connectivity index (χ1) is 24.7. The molecule has 0 aromatic heterocycles. The molecular formula is C41H43N3O7. The van der Waals surface area contributed by atoms with Crippen LogP contribution in [0.1, 0.15) is 41.2 Å². The zero-order valence-electron chi connectivity index (χ0n) is 28.8. The zero-order valence-corrected chi connectivity index (χ0v) is 28.8. The van der Waals surface area contributed by atoms with Gasteiger partial charge in [0, 0.05) is 18.7 Å². The summed E-state index contributed by atoms with van der Waals surface area (Å²) in [5.74, 6) is -3.81. The number of anilines is 1. The summed E-state index contributed by atoms with van der Waals surface area (Å²) >= 11 is 0. The summed E-state index contributed by atoms with van der Waals surface area (Å²) in [5, 5.41) is 13.8. The number of carbonyl (C=O) groups is 4. The number of aryl methyl sites for hydroxylation is 2. The summed E-state index contributed by atoms with van der Waals surface area (Å²) in [6.07, 6.45) is 6.56. The second-order valence-corrected chi connectivity index (χ2v) is 13.8. The quantitative estimate of drug-likeness (QED) is 0.295. The lowest BCUT2D eigenvalue weighted by Crippen LogP contribution is -2.59. The predicted molar refractivity (Wildman–Crippen MR) is 190 cm³/mol. The monoisotopic (exact) mass is 689 g/mol. The van der Waals surface area contributed by atoms with Crippen molar-refractivity contribution in [3.8, 4) is 0 Å². The summed E-state index contributed by atoms with van der Waals surface area (Å²) in [6, 6.07) is 22.5. The number of ether oxygens (including phenoxy) is 2. The van der Waals surface area contributed by atoms with Crippen molar-refractivity contribution in [1.29, 1.82) is 0 Å². The average Bonchev–Trinajstić information content (AvgIpc) is 3.78. The number of cyclic esters (lactones) is 1. The largest absolute Gasteiger partial charge is 0.455 e. The number of amides is 3. The Morgan fingerprint density at radius 2 is 1.61 bits per heavy atom. The molecule has 264 valence electrons. The Kier molecular flexibility index (Phi) is 9.63. The van der Waals surface area contributed by atoms with Gasteiger partial charge >= 0.3 is 5.97 Å². The maximum absolute atomic E-state index is 15.3. The van der Waals surface area contributed by atoms with Crippen molar-refractivity contribution in [3.63, 3.8) is 0 Å². The van der Waals surface area contributed by atoms with Gasteiger partial charge in [-0.3, -0.25) is 19.2 Å². The molecule has 2 saturated heterocycles. The van der Waals surface area contributed by atoms with Crippen molar-refractivity contribution >= 4 is 29.4 Å². The van der Waals surface area contributed by atoms with Gasteiger partial charge in [-0.15, -0.1) is 0 Å². The normalized spacial score (nSPS) is 29.1. The summed E-state index contributed by atoms with van der Waals surface area (Å²) < 4.78 is 12.8. The van der Waals surface area contributed by atoms with E-state index in [9.17, 15) is 19.5 Å². The fraction of sp³-hybridized carbons (Fsp3) is 0.366. The van der Waals surface area contributed by atoms with E-state index in [0.29, 0.717) is 17.7 Å². The first kappa shape index (κ1) is 34.4. The minimum Gasteiger partial charge on any atom is -0.455 e. The van der Waals surface area contributed by atoms with E-state index in [4.69, 9.17) is 9.47 Å². The molecule has 51 heavy (non-hydrogen) atoms. The van der Waals surface area contributed by atoms with E-state index in [0.717, 1.165) is 16.7 Å². The van der Waals surface area contributed by atoms with Gasteiger partial charge in [-0.25, -0.2) is 0 Å². The second-order valence-electron chi connectivity index (χ2n) is 13.8. The van der Waals surface area contributed by atoms with Crippen molar-refractivity contribution < 1.29 is 33.8 Å². The molecule has 1 spiro atoms. The fourth-order valence-corrected chi connectivity index (χ4v) is 8.28. The van der Waals surface area contributed by atoms with Crippen LogP contribution in [0.15, 0.2) is 103 Å². The molecule has 3 amide bonds. The molecule has 0 saturated carbocycles. The molecule has 7 rings (SSSR count). The van der Waals surface area contributed by atoms with Crippen LogP contribution in [-0.4, -0.2) is 77.2 Å². The minimum absolute atomic E-state index is 0.0490. The number of hydrogen-bond donors (Lipinski definition) is 2. The van der Waals surface area contributed by atoms with Crippen LogP contribution in [0, 0.1) is 25.7 Å². The highest BCUT2D eigenvalue weighted by Gasteiger charge is 2.74. The molecule has 7 atom stereocenters. The van der Waals surface area contributed by atoms with E-state index in [-0.39, 0.29) is 37.7 Å². The second kappa shape index (κ2) is 14.3. The maximum atomic E-state index is 15.3. The summed E-state index contributed by atoms with van der Waals surface area (Å²) in [6.45, 7) is 3.68. The molecule has 4 heterocycles. The Morgan fingerprint density at radius 1 is 0.902 bits per heavy atom. The molecule has 4 aliphatic rings. The molecular weight excluding hydrogens is 646 g/mol. The van der Waals surface area contributed by atoms with E-state index < -0.39 is 60.2 Å². The lowest BCUT2D eigenvalue weighted by atomic mass is 9.74. The SMILES string of the molecule is Cc1cccc(C)c1N1C/C=C\CCC(=O)NC[C@@H](c2ccccc2)OC(=O)[C@@H]2[C@@H]3C=C[C@]4(O3)[C@H](C1=O)N([C@@H](CO)Cc1ccccc1)C(=O)[C@@H]24. The number of para-hydroxylation sites is 1. The van der Waals surface area contributed by atoms with Crippen molar-refractivity contribution in [2.45, 2.75) is 63.0 Å². The number of rotatable bonds is 6. The van der Waals surface area contributed by atoms with E-state index in [1.54, 1.807) is 17.1 Å². The Bertz CT molecular complexity index is 1840. The van der Waals surface area contributed by atoms with Crippen molar-refractivity contribution in [1.82, 2.24) is 10.2 Å². The smallest absolute Gasteiger partial charge is 0.313 e. The highest BCUT2D eigenvalue weighted by atomic mass is 16.6. The lowest BCUT2D eigenvalue weighted by molar-refractivity contribution is -0.160. The van der Waals surface area contributed by atoms with E-state index in [2.05, 4.69) is 5.32 Å². The fourth-order valence-electron chi connectivity index (χ4n) is 8.28. The molecule has 5 bridgehead atoms. The van der Waals surface area contributed by atoms with E-state index in [1.165, 1.54) is 4.90 Å². The minimum atomic E-state index is -1.48. The van der Waals surface area contributed by atoms with E-state index >= 15 is 4.79 Å². The van der Waals surface area contributed by atoms with Gasteiger partial charge in [0.05, 0.1) is 31.2 Å². The number of esters is 1. The highest BCUT2D eigenvalue weighted by Crippen LogP contribution is 2.56. The van der Waals surface area contributed by atoms with Crippen LogP contribution in [0.25, 0.3) is 0 Å². The van der Waals surface area contributed by atoms with Gasteiger partial charge in [-0.2, -0.15) is 0 Å². The first-order valence-electron chi connectivity index (χ1n) is 17.6. The topological polar surface area (TPSA) is 125 Å². The van der Waals surface area contributed by atoms with Gasteiger partial charge in [0.1, 0.15) is 23.7 Å². The number of benzene rings is 3. The molecule has 4 aliphatic heterocycles. The van der Waals surface area contributed by atoms with Crippen LogP contribution in [0.5, 0.6) is 0 Å². The Morgan fingerprint density at radius 3 is 2.31 bits per heavy atom. The van der Waals surface area contributed by atoms with Gasteiger partial charge in [-0.1, -0.05) is 103 Å². The molecule has 3 aromatic carbocycles. The van der Waals surface area contributed by atoms with Gasteiger partial charge < -0.3 is 29.7 Å². The number of likely N-dealkylation sites (tertiary alicyclic amines) is 1. The van der Waals surface area contributed by atoms with Crippen molar-refractivity contribution in [2.75, 3.05) is 24.6 Å². The molecule has 2 fully saturated rings. The average molecular weight is 690 g/mol. The van der Waals surface area contributed by atoms with Crippen LogP contribution < -0.4 is 10.2 Å². The third-order valence-corrected chi connectivity index (χ3v) is 10.6. The zero-order chi connectivity index (χ0) is 35.7. The molecule has 0 unspecified atom stereocenters. The lowest BCUT2D eigenvalue weighted by Gasteiger charge is -2.39. The van der Waals surface area contributed by atoms with Gasteiger partial charge in [0.25, 0.3) is 5.91 Å². The van der Waals surface area contributed by atoms with Crippen LogP contribution in [-0.2, 0) is 35.1 Å². The number of aliphatic hydroxyl groups excluding tert-OH is 1. The molecule has 0 aliphatic carbocycles. The van der Waals surface area contributed by atoms with Crippen LogP contribution in [0.3, 0.4) is 0 Å². The number of aliphatic hydroxyl groups is 1. The summed E-state index contributed by atoms with van der Waals surface area (Å²) in [5.41, 5.74) is 2.55. The number of fused-ring (bicyclic) bond motifs is 2. The molecule has 3 aromatic rings. The van der Waals surface area contributed by atoms with Gasteiger partial charge in [0.2, 0.25) is 11.8 Å². The number of allylic oxidation sites excluding steroid dienone is 1. The Hall–Kier alpha value is -5.06. The third kappa shape index (κ3) is 6.27. The number of hydrogen-bond acceptors (Lipinski definition) is 7. The number of carbonyl (C=O) groups excluding carboxylic acids is 4. The number of nitrogens with one attached hydrogen (secondary N) is 1. The first-order valence-corrected chi connectivity index (χ1v) is 17.6. The van der Waals surface area contributed by atoms with E-state index in [1.807, 2.05) is 105 Å². The third-order valence-electron chi connectivity index (χ3n) is 10.6. The summed E-state index contributed by atoms with van der Waals surface area (Å²) in [4.78, 5) is 60.7. The standard InChI is InChI=1S/C41H43N3O7/c1-26-13-12-14-27(2)36(26)43-22-11-5-10-19-33(46)42-24-32(29-17-8-4-9-18-29)50-40(49)34-31-20-21-41(51-31)35(34)38(47)44(37(41)39(43)48)30(25-45)23-28-15-6-3-7-16-28/h3-9,11-18,20-21,30-32,34-35,37,45H,10,19,22-25H2,1-2H3,(H,42,46)/b11-5-/t30-,31+,32+,34-,35-,37+,41-/m1/s1. The van der Waals surface area contributed by atoms with Crippen molar-refractivity contribution in [2.24, 2.45) is 11.8 Å². The van der Waals surface area contributed by atoms with Gasteiger partial charge in [-0.05, 0) is 48.9 Å². The Balaban J connectivity index is 1.36. The Labute approximate surface area is 297 Å². The van der Waals surface area contributed by atoms with Gasteiger partial charge in [0.15, 0.2) is 0 Å². The van der Waals surface area contributed by atoms with Crippen molar-refractivity contribution in [3.05, 3.63) is 125 Å². The van der Waals surface area contributed by atoms with Crippen LogP contribution in [0.2, 0.25) is 0 Å². The molecule has 2 N–H and O–H groups in total. The predicted octanol–water partition coefficient (Wildman–Crippen LogP) is 4.14. The van der Waals surface area contributed by atoms with Crippen LogP contribution >= 0.6 is 0 Å². The maximum Gasteiger partial charge on any atom is 0.313 e. The number of nitrogens with zero attached hydrogens (tertiary/aromatic N) is 2. The molecule has 10 heteroatoms. The highest BCUT2D eigenvalue weighted by molar-refractivity contribution is 6.06. The summed E-state index contributed by atoms with van der Waals surface area (Å²) in [7, 11) is 0.